The Bertz CT molecular complexity index is 947. The van der Waals surface area contributed by atoms with E-state index in [-0.39, 0.29) is 16.9 Å². The first kappa shape index (κ1) is 17.8. The van der Waals surface area contributed by atoms with E-state index in [2.05, 4.69) is 35.8 Å². The van der Waals surface area contributed by atoms with Crippen molar-refractivity contribution < 1.29 is 13.6 Å². The van der Waals surface area contributed by atoms with Crippen molar-refractivity contribution in [2.45, 2.75) is 13.3 Å². The molecule has 5 nitrogen and oxygen atoms in total. The molecule has 0 spiro atoms. The van der Waals surface area contributed by atoms with E-state index >= 15 is 0 Å². The van der Waals surface area contributed by atoms with Crippen LogP contribution in [0.1, 0.15) is 29.4 Å². The zero-order valence-electron chi connectivity index (χ0n) is 13.1. The highest BCUT2D eigenvalue weighted by Crippen LogP contribution is 2.28. The van der Waals surface area contributed by atoms with Crippen LogP contribution >= 0.6 is 27.9 Å². The third-order valence-corrected chi connectivity index (χ3v) is 4.81. The summed E-state index contributed by atoms with van der Waals surface area (Å²) in [6, 6.07) is 3.86. The lowest BCUT2D eigenvalue weighted by Gasteiger charge is -2.10. The van der Waals surface area contributed by atoms with Gasteiger partial charge in [-0.25, -0.2) is 13.8 Å². The molecule has 1 aromatic carbocycles. The molecule has 0 radical (unpaired) electrons. The van der Waals surface area contributed by atoms with Crippen molar-refractivity contribution in [1.82, 2.24) is 15.2 Å². The van der Waals surface area contributed by atoms with Gasteiger partial charge in [0.05, 0.1) is 10.9 Å². The minimum absolute atomic E-state index is 0.0986. The SMILES string of the molecule is CCCSNc1c(F)ccc(C(=O)c2[nH]nc3ncc(Br)cc23)c1F. The third-order valence-electron chi connectivity index (χ3n) is 3.42. The fourth-order valence-corrected chi connectivity index (χ4v) is 3.20. The van der Waals surface area contributed by atoms with Crippen LogP contribution in [0.5, 0.6) is 0 Å². The van der Waals surface area contributed by atoms with Crippen LogP contribution in [0.3, 0.4) is 0 Å². The molecule has 3 aromatic rings. The van der Waals surface area contributed by atoms with Crippen LogP contribution in [0.4, 0.5) is 14.5 Å². The summed E-state index contributed by atoms with van der Waals surface area (Å²) < 4.78 is 31.9. The molecule has 0 fully saturated rings. The number of benzene rings is 1. The lowest BCUT2D eigenvalue weighted by Crippen LogP contribution is -2.08. The van der Waals surface area contributed by atoms with Gasteiger partial charge < -0.3 is 4.72 Å². The second kappa shape index (κ2) is 7.49. The quantitative estimate of drug-likeness (QED) is 0.339. The van der Waals surface area contributed by atoms with Crippen LogP contribution in [0.15, 0.2) is 28.9 Å². The number of ketones is 1. The number of nitrogens with zero attached hydrogens (tertiary/aromatic N) is 2. The minimum atomic E-state index is -0.931. The second-order valence-electron chi connectivity index (χ2n) is 5.19. The number of hydrogen-bond acceptors (Lipinski definition) is 5. The standard InChI is InChI=1S/C16H13BrF2N4OS/c1-2-5-25-23-14-11(18)4-3-9(12(14)19)15(24)13-10-6-8(17)7-20-16(10)22-21-13/h3-4,6-7,23H,2,5H2,1H3,(H,20,21,22). The van der Waals surface area contributed by atoms with Gasteiger partial charge in [-0.3, -0.25) is 9.89 Å². The van der Waals surface area contributed by atoms with E-state index in [1.165, 1.54) is 11.9 Å². The van der Waals surface area contributed by atoms with Gasteiger partial charge in [0, 0.05) is 16.4 Å². The molecule has 0 aliphatic heterocycles. The first-order valence-corrected chi connectivity index (χ1v) is 9.21. The topological polar surface area (TPSA) is 70.7 Å². The number of rotatable bonds is 6. The van der Waals surface area contributed by atoms with Gasteiger partial charge in [-0.1, -0.05) is 18.9 Å². The Balaban J connectivity index is 2.01. The van der Waals surface area contributed by atoms with Crippen molar-refractivity contribution in [3.8, 4) is 0 Å². The zero-order valence-corrected chi connectivity index (χ0v) is 15.5. The van der Waals surface area contributed by atoms with Gasteiger partial charge in [-0.2, -0.15) is 5.10 Å². The fraction of sp³-hybridized carbons (Fsp3) is 0.188. The number of halogens is 3. The number of carbonyl (C=O) groups is 1. The average molecular weight is 427 g/mol. The molecular formula is C16H13BrF2N4OS. The van der Waals surface area contributed by atoms with Crippen LogP contribution in [0.2, 0.25) is 0 Å². The number of aromatic nitrogens is 3. The van der Waals surface area contributed by atoms with Crippen molar-refractivity contribution in [3.05, 3.63) is 51.8 Å². The fourth-order valence-electron chi connectivity index (χ4n) is 2.23. The Morgan fingerprint density at radius 1 is 1.40 bits per heavy atom. The number of hydrogen-bond donors (Lipinski definition) is 2. The Labute approximate surface area is 154 Å². The van der Waals surface area contributed by atoms with Crippen LogP contribution in [-0.2, 0) is 0 Å². The Morgan fingerprint density at radius 3 is 2.96 bits per heavy atom. The van der Waals surface area contributed by atoms with Gasteiger partial charge in [0.1, 0.15) is 17.2 Å². The summed E-state index contributed by atoms with van der Waals surface area (Å²) in [6.07, 6.45) is 2.39. The number of anilines is 1. The first-order valence-electron chi connectivity index (χ1n) is 7.43. The summed E-state index contributed by atoms with van der Waals surface area (Å²) in [6.45, 7) is 1.96. The maximum Gasteiger partial charge on any atom is 0.214 e. The molecule has 0 amide bonds. The average Bonchev–Trinajstić information content (AvgIpc) is 3.00. The largest absolute Gasteiger partial charge is 0.325 e. The second-order valence-corrected chi connectivity index (χ2v) is 7.00. The molecule has 2 heterocycles. The molecule has 0 aliphatic rings. The number of pyridine rings is 1. The van der Waals surface area contributed by atoms with Gasteiger partial charge in [0.2, 0.25) is 5.78 Å². The summed E-state index contributed by atoms with van der Waals surface area (Å²) in [7, 11) is 0. The lowest BCUT2D eigenvalue weighted by molar-refractivity contribution is 0.103. The predicted molar refractivity (Wildman–Crippen MR) is 97.8 cm³/mol. The zero-order chi connectivity index (χ0) is 18.0. The summed E-state index contributed by atoms with van der Waals surface area (Å²) in [5.41, 5.74) is -0.133. The molecule has 25 heavy (non-hydrogen) atoms. The van der Waals surface area contributed by atoms with Crippen molar-refractivity contribution in [1.29, 1.82) is 0 Å². The van der Waals surface area contributed by atoms with Crippen LogP contribution in [-0.4, -0.2) is 26.7 Å². The normalized spacial score (nSPS) is 11.0. The Kier molecular flexibility index (Phi) is 5.33. The van der Waals surface area contributed by atoms with Gasteiger partial charge in [-0.05, 0) is 40.5 Å². The summed E-state index contributed by atoms with van der Waals surface area (Å²) in [5.74, 6) is -1.62. The smallest absolute Gasteiger partial charge is 0.214 e. The molecule has 2 N–H and O–H groups in total. The van der Waals surface area contributed by atoms with E-state index in [1.807, 2.05) is 6.92 Å². The van der Waals surface area contributed by atoms with Crippen LogP contribution in [0, 0.1) is 11.6 Å². The highest BCUT2D eigenvalue weighted by atomic mass is 79.9. The molecule has 2 aromatic heterocycles. The third kappa shape index (κ3) is 3.52. The van der Waals surface area contributed by atoms with Gasteiger partial charge >= 0.3 is 0 Å². The monoisotopic (exact) mass is 426 g/mol. The van der Waals surface area contributed by atoms with E-state index in [0.717, 1.165) is 18.6 Å². The van der Waals surface area contributed by atoms with Crippen molar-refractivity contribution in [3.63, 3.8) is 0 Å². The molecule has 0 aliphatic carbocycles. The van der Waals surface area contributed by atoms with E-state index in [0.29, 0.717) is 21.3 Å². The number of nitrogens with one attached hydrogen (secondary N) is 2. The molecule has 0 saturated carbocycles. The van der Waals surface area contributed by atoms with Crippen molar-refractivity contribution in [2.24, 2.45) is 0 Å². The number of fused-ring (bicyclic) bond motifs is 1. The Hall–Kier alpha value is -2.00. The van der Waals surface area contributed by atoms with E-state index in [4.69, 9.17) is 0 Å². The number of carbonyl (C=O) groups excluding carboxylic acids is 1. The number of aromatic amines is 1. The van der Waals surface area contributed by atoms with E-state index in [1.54, 1.807) is 12.3 Å². The van der Waals surface area contributed by atoms with E-state index in [9.17, 15) is 13.6 Å². The molecular weight excluding hydrogens is 414 g/mol. The predicted octanol–water partition coefficient (Wildman–Crippen LogP) is 4.70. The molecule has 0 atom stereocenters. The Morgan fingerprint density at radius 2 is 2.20 bits per heavy atom. The van der Waals surface area contributed by atoms with Crippen LogP contribution in [0.25, 0.3) is 11.0 Å². The molecule has 0 saturated heterocycles. The van der Waals surface area contributed by atoms with Crippen LogP contribution < -0.4 is 4.72 Å². The minimum Gasteiger partial charge on any atom is -0.325 e. The van der Waals surface area contributed by atoms with Crippen molar-refractivity contribution in [2.75, 3.05) is 10.5 Å². The highest BCUT2D eigenvalue weighted by molar-refractivity contribution is 9.10. The highest BCUT2D eigenvalue weighted by Gasteiger charge is 2.23. The van der Waals surface area contributed by atoms with E-state index < -0.39 is 17.4 Å². The van der Waals surface area contributed by atoms with Gasteiger partial charge in [0.25, 0.3) is 0 Å². The van der Waals surface area contributed by atoms with Crippen molar-refractivity contribution >= 4 is 50.4 Å². The molecule has 130 valence electrons. The molecule has 0 unspecified atom stereocenters. The summed E-state index contributed by atoms with van der Waals surface area (Å²) in [5, 5.41) is 6.98. The number of H-pyrrole nitrogens is 1. The maximum absolute atomic E-state index is 14.7. The first-order chi connectivity index (χ1) is 12.0. The lowest BCUT2D eigenvalue weighted by atomic mass is 10.0. The molecule has 0 bridgehead atoms. The maximum atomic E-state index is 14.7. The molecule has 3 rings (SSSR count). The molecule has 9 heteroatoms. The van der Waals surface area contributed by atoms with Gasteiger partial charge in [-0.15, -0.1) is 0 Å². The summed E-state index contributed by atoms with van der Waals surface area (Å²) in [4.78, 5) is 16.8. The summed E-state index contributed by atoms with van der Waals surface area (Å²) >= 11 is 4.46. The van der Waals surface area contributed by atoms with Gasteiger partial charge in [0.15, 0.2) is 11.5 Å².